The van der Waals surface area contributed by atoms with Crippen LogP contribution in [0.4, 0.5) is 0 Å². The second-order valence-electron chi connectivity index (χ2n) is 4.98. The van der Waals surface area contributed by atoms with Gasteiger partial charge in [0, 0.05) is 26.5 Å². The molecule has 2 rings (SSSR count). The molecule has 0 aromatic carbocycles. The minimum Gasteiger partial charge on any atom is -0.384 e. The Bertz CT molecular complexity index is 448. The van der Waals surface area contributed by atoms with Crippen molar-refractivity contribution in [1.82, 2.24) is 9.96 Å². The molecule has 2 heterocycles. The monoisotopic (exact) mass is 298 g/mol. The summed E-state index contributed by atoms with van der Waals surface area (Å²) in [4.78, 5) is 53.2. The second kappa shape index (κ2) is 6.66. The number of carbonyl (C=O) groups excluding carboxylic acids is 4. The quantitative estimate of drug-likeness (QED) is 0.642. The number of nitrogens with zero attached hydrogens (tertiary/aromatic N) is 2. The van der Waals surface area contributed by atoms with Crippen molar-refractivity contribution < 1.29 is 28.8 Å². The van der Waals surface area contributed by atoms with Gasteiger partial charge in [0.1, 0.15) is 6.04 Å². The van der Waals surface area contributed by atoms with Gasteiger partial charge in [-0.05, 0) is 12.8 Å². The zero-order chi connectivity index (χ0) is 15.4. The van der Waals surface area contributed by atoms with Crippen LogP contribution in [-0.4, -0.2) is 60.0 Å². The Labute approximate surface area is 121 Å². The molecule has 0 unspecified atom stereocenters. The van der Waals surface area contributed by atoms with Crippen molar-refractivity contribution in [2.24, 2.45) is 0 Å². The summed E-state index contributed by atoms with van der Waals surface area (Å²) >= 11 is 0. The average molecular weight is 298 g/mol. The number of hydrogen-bond donors (Lipinski definition) is 0. The summed E-state index contributed by atoms with van der Waals surface area (Å²) in [7, 11) is 1.49. The fourth-order valence-corrected chi connectivity index (χ4v) is 2.45. The molecular weight excluding hydrogens is 280 g/mol. The largest absolute Gasteiger partial charge is 0.384 e. The van der Waals surface area contributed by atoms with Crippen LogP contribution >= 0.6 is 0 Å². The molecule has 1 atom stereocenters. The maximum absolute atomic E-state index is 12.1. The molecular formula is C13H18N2O6. The van der Waals surface area contributed by atoms with Crippen LogP contribution in [0.2, 0.25) is 0 Å². The van der Waals surface area contributed by atoms with Gasteiger partial charge in [0.2, 0.25) is 5.91 Å². The first kappa shape index (κ1) is 15.4. The van der Waals surface area contributed by atoms with Crippen molar-refractivity contribution in [1.29, 1.82) is 0 Å². The minimum absolute atomic E-state index is 0.0489. The molecule has 8 nitrogen and oxygen atoms in total. The van der Waals surface area contributed by atoms with E-state index in [-0.39, 0.29) is 31.8 Å². The normalized spacial score (nSPS) is 22.0. The summed E-state index contributed by atoms with van der Waals surface area (Å²) in [6.45, 7) is 0.740. The van der Waals surface area contributed by atoms with Gasteiger partial charge in [0.05, 0.1) is 13.0 Å². The Hall–Kier alpha value is -1.96. The molecule has 2 aliphatic rings. The summed E-state index contributed by atoms with van der Waals surface area (Å²) in [6.07, 6.45) is 1.43. The first-order chi connectivity index (χ1) is 10.0. The molecule has 0 spiro atoms. The Morgan fingerprint density at radius 2 is 1.90 bits per heavy atom. The number of hydrogen-bond acceptors (Lipinski definition) is 6. The van der Waals surface area contributed by atoms with Crippen LogP contribution in [0, 0.1) is 0 Å². The van der Waals surface area contributed by atoms with E-state index < -0.39 is 23.8 Å². The highest BCUT2D eigenvalue weighted by Gasteiger charge is 2.39. The molecule has 0 saturated carbocycles. The number of likely N-dealkylation sites (tertiary alicyclic amines) is 1. The van der Waals surface area contributed by atoms with Crippen molar-refractivity contribution in [3.8, 4) is 0 Å². The Kier molecular flexibility index (Phi) is 4.89. The van der Waals surface area contributed by atoms with Crippen molar-refractivity contribution in [3.05, 3.63) is 0 Å². The summed E-state index contributed by atoms with van der Waals surface area (Å²) in [5, 5.41) is 0.512. The molecule has 0 aromatic heterocycles. The molecule has 0 radical (unpaired) electrons. The van der Waals surface area contributed by atoms with E-state index in [1.54, 1.807) is 0 Å². The predicted octanol–water partition coefficient (Wildman–Crippen LogP) is -0.379. The van der Waals surface area contributed by atoms with Crippen molar-refractivity contribution in [3.63, 3.8) is 0 Å². The lowest BCUT2D eigenvalue weighted by Gasteiger charge is -2.24. The van der Waals surface area contributed by atoms with Gasteiger partial charge in [-0.25, -0.2) is 4.79 Å². The zero-order valence-corrected chi connectivity index (χ0v) is 11.9. The first-order valence-corrected chi connectivity index (χ1v) is 6.90. The van der Waals surface area contributed by atoms with Crippen LogP contribution in [-0.2, 0) is 28.8 Å². The predicted molar refractivity (Wildman–Crippen MR) is 68.4 cm³/mol. The van der Waals surface area contributed by atoms with E-state index in [0.717, 1.165) is 0 Å². The zero-order valence-electron chi connectivity index (χ0n) is 11.9. The van der Waals surface area contributed by atoms with Crippen LogP contribution < -0.4 is 0 Å². The fraction of sp³-hybridized carbons (Fsp3) is 0.692. The highest BCUT2D eigenvalue weighted by atomic mass is 16.7. The van der Waals surface area contributed by atoms with Crippen LogP contribution in [0.1, 0.15) is 32.1 Å². The van der Waals surface area contributed by atoms with Gasteiger partial charge in [0.25, 0.3) is 11.8 Å². The number of carbonyl (C=O) groups is 4. The summed E-state index contributed by atoms with van der Waals surface area (Å²) < 4.78 is 4.84. The Balaban J connectivity index is 1.96. The van der Waals surface area contributed by atoms with Gasteiger partial charge < -0.3 is 14.5 Å². The number of amides is 3. The maximum atomic E-state index is 12.1. The first-order valence-electron chi connectivity index (χ1n) is 6.90. The minimum atomic E-state index is -0.740. The topological polar surface area (TPSA) is 93.2 Å². The van der Waals surface area contributed by atoms with E-state index in [4.69, 9.17) is 9.57 Å². The van der Waals surface area contributed by atoms with Gasteiger partial charge >= 0.3 is 5.97 Å². The smallest absolute Gasteiger partial charge is 0.355 e. The lowest BCUT2D eigenvalue weighted by atomic mass is 10.2. The number of methoxy groups -OCH3 is 1. The van der Waals surface area contributed by atoms with E-state index >= 15 is 0 Å². The molecule has 2 aliphatic heterocycles. The molecule has 8 heteroatoms. The number of rotatable bonds is 5. The highest BCUT2D eigenvalue weighted by Crippen LogP contribution is 2.21. The lowest BCUT2D eigenvalue weighted by Crippen LogP contribution is -2.44. The molecule has 2 fully saturated rings. The van der Waals surface area contributed by atoms with Crippen LogP contribution in [0.25, 0.3) is 0 Å². The summed E-state index contributed by atoms with van der Waals surface area (Å²) in [5.74, 6) is -1.98. The fourth-order valence-electron chi connectivity index (χ4n) is 2.45. The maximum Gasteiger partial charge on any atom is 0.355 e. The van der Waals surface area contributed by atoms with E-state index in [1.165, 1.54) is 12.0 Å². The molecule has 0 bridgehead atoms. The third kappa shape index (κ3) is 3.38. The summed E-state index contributed by atoms with van der Waals surface area (Å²) in [6, 6.07) is -0.740. The van der Waals surface area contributed by atoms with Gasteiger partial charge in [0.15, 0.2) is 0 Å². The van der Waals surface area contributed by atoms with Crippen molar-refractivity contribution >= 4 is 23.7 Å². The van der Waals surface area contributed by atoms with E-state index in [9.17, 15) is 19.2 Å². The number of imide groups is 1. The van der Waals surface area contributed by atoms with E-state index in [2.05, 4.69) is 0 Å². The van der Waals surface area contributed by atoms with Crippen molar-refractivity contribution in [2.75, 3.05) is 20.3 Å². The second-order valence-corrected chi connectivity index (χ2v) is 4.98. The van der Waals surface area contributed by atoms with Gasteiger partial charge in [-0.2, -0.15) is 0 Å². The number of hydroxylamine groups is 2. The van der Waals surface area contributed by atoms with Crippen LogP contribution in [0.3, 0.4) is 0 Å². The van der Waals surface area contributed by atoms with Crippen molar-refractivity contribution in [2.45, 2.75) is 38.1 Å². The molecule has 21 heavy (non-hydrogen) atoms. The molecule has 3 amide bonds. The Morgan fingerprint density at radius 1 is 1.24 bits per heavy atom. The highest BCUT2D eigenvalue weighted by molar-refractivity contribution is 6.02. The molecule has 0 aliphatic carbocycles. The van der Waals surface area contributed by atoms with E-state index in [0.29, 0.717) is 24.4 Å². The van der Waals surface area contributed by atoms with Gasteiger partial charge in [-0.15, -0.1) is 5.06 Å². The standard InChI is InChI=1S/C13H18N2O6/c1-20-8-6-10(16)14-7-2-3-9(14)13(19)21-15-11(17)4-5-12(15)18/h9H,2-8H2,1H3/t9-/m1/s1. The molecule has 0 N–H and O–H groups in total. The van der Waals surface area contributed by atoms with Gasteiger partial charge in [-0.1, -0.05) is 0 Å². The third-order valence-electron chi connectivity index (χ3n) is 3.55. The van der Waals surface area contributed by atoms with E-state index in [1.807, 2.05) is 0 Å². The molecule has 2 saturated heterocycles. The lowest BCUT2D eigenvalue weighted by molar-refractivity contribution is -0.200. The SMILES string of the molecule is COCCC(=O)N1CCC[C@@H]1C(=O)ON1C(=O)CCC1=O. The summed E-state index contributed by atoms with van der Waals surface area (Å²) in [5.41, 5.74) is 0. The third-order valence-corrected chi connectivity index (χ3v) is 3.55. The number of ether oxygens (including phenoxy) is 1. The average Bonchev–Trinajstić information content (AvgIpc) is 3.06. The van der Waals surface area contributed by atoms with Crippen LogP contribution in [0.15, 0.2) is 0 Å². The molecule has 116 valence electrons. The molecule has 0 aromatic rings. The van der Waals surface area contributed by atoms with Crippen LogP contribution in [0.5, 0.6) is 0 Å². The Morgan fingerprint density at radius 3 is 2.52 bits per heavy atom. The van der Waals surface area contributed by atoms with Gasteiger partial charge in [-0.3, -0.25) is 14.4 Å².